The topological polar surface area (TPSA) is 75.4 Å². The van der Waals surface area contributed by atoms with Crippen LogP contribution in [0, 0.1) is 0 Å². The van der Waals surface area contributed by atoms with Crippen LogP contribution in [0.4, 0.5) is 5.69 Å². The molecule has 0 saturated heterocycles. The summed E-state index contributed by atoms with van der Waals surface area (Å²) >= 11 is 1.54. The highest BCUT2D eigenvalue weighted by molar-refractivity contribution is 7.08. The van der Waals surface area contributed by atoms with Gasteiger partial charge in [0.05, 0.1) is 17.8 Å². The quantitative estimate of drug-likeness (QED) is 0.898. The Kier molecular flexibility index (Phi) is 3.15. The Morgan fingerprint density at radius 1 is 1.35 bits per heavy atom. The van der Waals surface area contributed by atoms with Crippen LogP contribution in [0.5, 0.6) is 0 Å². The first kappa shape index (κ1) is 12.7. The van der Waals surface area contributed by atoms with Gasteiger partial charge in [-0.2, -0.15) is 11.3 Å². The number of amides is 2. The van der Waals surface area contributed by atoms with E-state index in [1.54, 1.807) is 23.5 Å². The fraction of sp³-hybridized carbons (Fsp3) is 0.143. The van der Waals surface area contributed by atoms with Crippen molar-refractivity contribution in [3.63, 3.8) is 0 Å². The monoisotopic (exact) mass is 287 g/mol. The third-order valence-corrected chi connectivity index (χ3v) is 3.92. The first-order valence-corrected chi connectivity index (χ1v) is 7.08. The molecule has 2 heterocycles. The molecule has 0 aliphatic carbocycles. The van der Waals surface area contributed by atoms with Crippen LogP contribution in [0.2, 0.25) is 0 Å². The van der Waals surface area contributed by atoms with E-state index in [4.69, 9.17) is 5.73 Å². The second-order valence-corrected chi connectivity index (χ2v) is 5.32. The second kappa shape index (κ2) is 4.97. The average Bonchev–Trinajstić information content (AvgIpc) is 2.95. The molecule has 5 nitrogen and oxygen atoms in total. The zero-order valence-corrected chi connectivity index (χ0v) is 11.4. The van der Waals surface area contributed by atoms with Crippen LogP contribution in [0.15, 0.2) is 41.1 Å². The number of nitrogens with zero attached hydrogens (tertiary/aromatic N) is 1. The van der Waals surface area contributed by atoms with Crippen molar-refractivity contribution >= 4 is 28.8 Å². The second-order valence-electron chi connectivity index (χ2n) is 4.54. The van der Waals surface area contributed by atoms with Gasteiger partial charge in [0.25, 0.3) is 5.91 Å². The maximum atomic E-state index is 12.2. The maximum Gasteiger partial charge on any atom is 0.255 e. The molecule has 0 bridgehead atoms. The molecular weight excluding hydrogens is 274 g/mol. The van der Waals surface area contributed by atoms with Crippen LogP contribution in [0.25, 0.3) is 0 Å². The zero-order valence-electron chi connectivity index (χ0n) is 10.6. The van der Waals surface area contributed by atoms with Crippen LogP contribution in [-0.4, -0.2) is 18.4 Å². The molecule has 0 spiro atoms. The number of nitrogens with one attached hydrogen (secondary N) is 1. The number of carbonyl (C=O) groups excluding carboxylic acids is 2. The molecule has 0 saturated carbocycles. The highest BCUT2D eigenvalue weighted by Crippen LogP contribution is 2.33. The molecule has 1 aliphatic heterocycles. The van der Waals surface area contributed by atoms with Crippen LogP contribution in [-0.2, 0) is 4.79 Å². The lowest BCUT2D eigenvalue weighted by atomic mass is 10.0. The number of benzene rings is 1. The standard InChI is InChI=1S/C14H13N3O2S/c15-12(18)7-17-11-4-2-1-3-10(11)14(19)16-13(17)9-5-6-20-8-9/h1-6,8,13H,7H2,(H2,15,18)(H,16,19). The maximum absolute atomic E-state index is 12.2. The van der Waals surface area contributed by atoms with Gasteiger partial charge in [0, 0.05) is 5.56 Å². The van der Waals surface area contributed by atoms with Gasteiger partial charge in [-0.3, -0.25) is 9.59 Å². The minimum atomic E-state index is -0.434. The average molecular weight is 287 g/mol. The van der Waals surface area contributed by atoms with Crippen molar-refractivity contribution in [2.24, 2.45) is 5.73 Å². The first-order valence-electron chi connectivity index (χ1n) is 6.14. The van der Waals surface area contributed by atoms with E-state index >= 15 is 0 Å². The van der Waals surface area contributed by atoms with Gasteiger partial charge in [-0.1, -0.05) is 12.1 Å². The summed E-state index contributed by atoms with van der Waals surface area (Å²) in [5.74, 6) is -0.575. The van der Waals surface area contributed by atoms with E-state index in [0.29, 0.717) is 5.56 Å². The highest BCUT2D eigenvalue weighted by Gasteiger charge is 2.32. The third-order valence-electron chi connectivity index (χ3n) is 3.22. The van der Waals surface area contributed by atoms with Crippen LogP contribution in [0.3, 0.4) is 0 Å². The zero-order chi connectivity index (χ0) is 14.1. The molecule has 1 atom stereocenters. The molecule has 2 aromatic rings. The lowest BCUT2D eigenvalue weighted by Crippen LogP contribution is -2.49. The van der Waals surface area contributed by atoms with Crippen molar-refractivity contribution in [2.75, 3.05) is 11.4 Å². The smallest absolute Gasteiger partial charge is 0.255 e. The SMILES string of the molecule is NC(=O)CN1c2ccccc2C(=O)NC1c1ccsc1. The molecule has 3 rings (SSSR count). The van der Waals surface area contributed by atoms with E-state index in [0.717, 1.165) is 11.3 Å². The number of rotatable bonds is 3. The van der Waals surface area contributed by atoms with Gasteiger partial charge in [-0.25, -0.2) is 0 Å². The van der Waals surface area contributed by atoms with Gasteiger partial charge in [0.15, 0.2) is 0 Å². The number of fused-ring (bicyclic) bond motifs is 1. The molecule has 102 valence electrons. The lowest BCUT2D eigenvalue weighted by molar-refractivity contribution is -0.116. The summed E-state index contributed by atoms with van der Waals surface area (Å²) in [6, 6.07) is 9.14. The van der Waals surface area contributed by atoms with Crippen molar-refractivity contribution in [2.45, 2.75) is 6.17 Å². The Hall–Kier alpha value is -2.34. The van der Waals surface area contributed by atoms with Gasteiger partial charge >= 0.3 is 0 Å². The molecule has 0 fully saturated rings. The van der Waals surface area contributed by atoms with Crippen LogP contribution < -0.4 is 16.0 Å². The Balaban J connectivity index is 2.08. The Morgan fingerprint density at radius 3 is 2.85 bits per heavy atom. The van der Waals surface area contributed by atoms with E-state index in [1.807, 2.05) is 33.9 Å². The van der Waals surface area contributed by atoms with E-state index in [-0.39, 0.29) is 18.6 Å². The van der Waals surface area contributed by atoms with E-state index in [2.05, 4.69) is 5.32 Å². The summed E-state index contributed by atoms with van der Waals surface area (Å²) in [5.41, 5.74) is 7.57. The van der Waals surface area contributed by atoms with Gasteiger partial charge in [0.2, 0.25) is 5.91 Å². The molecule has 1 aromatic heterocycles. The first-order chi connectivity index (χ1) is 9.66. The third kappa shape index (κ3) is 2.14. The van der Waals surface area contributed by atoms with Crippen molar-refractivity contribution in [3.05, 3.63) is 52.2 Å². The molecule has 2 amide bonds. The normalized spacial score (nSPS) is 17.5. The number of hydrogen-bond acceptors (Lipinski definition) is 4. The summed E-state index contributed by atoms with van der Waals surface area (Å²) in [6.45, 7) is 0.0534. The Morgan fingerprint density at radius 2 is 2.15 bits per heavy atom. The fourth-order valence-corrected chi connectivity index (χ4v) is 3.05. The summed E-state index contributed by atoms with van der Waals surface area (Å²) < 4.78 is 0. The molecule has 1 aliphatic rings. The number of carbonyl (C=O) groups is 2. The molecule has 3 N–H and O–H groups in total. The Bertz CT molecular complexity index is 654. The highest BCUT2D eigenvalue weighted by atomic mass is 32.1. The summed E-state index contributed by atoms with van der Waals surface area (Å²) in [4.78, 5) is 25.3. The number of para-hydroxylation sites is 1. The molecule has 0 radical (unpaired) electrons. The number of thiophene rings is 1. The number of nitrogens with two attached hydrogens (primary N) is 1. The predicted octanol–water partition coefficient (Wildman–Crippen LogP) is 1.48. The van der Waals surface area contributed by atoms with Crippen LogP contribution in [0.1, 0.15) is 22.1 Å². The van der Waals surface area contributed by atoms with Crippen molar-refractivity contribution in [3.8, 4) is 0 Å². The van der Waals surface area contributed by atoms with Crippen LogP contribution >= 0.6 is 11.3 Å². The molecule has 1 aromatic carbocycles. The van der Waals surface area contributed by atoms with E-state index in [9.17, 15) is 9.59 Å². The van der Waals surface area contributed by atoms with Gasteiger partial charge in [0.1, 0.15) is 6.17 Å². The number of primary amides is 1. The number of hydrogen-bond donors (Lipinski definition) is 2. The van der Waals surface area contributed by atoms with Gasteiger partial charge in [-0.05, 0) is 29.0 Å². The van der Waals surface area contributed by atoms with E-state index in [1.165, 1.54) is 0 Å². The molecule has 6 heteroatoms. The van der Waals surface area contributed by atoms with Crippen molar-refractivity contribution < 1.29 is 9.59 Å². The lowest BCUT2D eigenvalue weighted by Gasteiger charge is -2.38. The predicted molar refractivity (Wildman–Crippen MR) is 77.5 cm³/mol. The fourth-order valence-electron chi connectivity index (χ4n) is 2.37. The largest absolute Gasteiger partial charge is 0.368 e. The van der Waals surface area contributed by atoms with Gasteiger partial charge < -0.3 is 16.0 Å². The summed E-state index contributed by atoms with van der Waals surface area (Å²) in [6.07, 6.45) is -0.365. The summed E-state index contributed by atoms with van der Waals surface area (Å²) in [5, 5.41) is 6.80. The summed E-state index contributed by atoms with van der Waals surface area (Å²) in [7, 11) is 0. The minimum Gasteiger partial charge on any atom is -0.368 e. The Labute approximate surface area is 120 Å². The molecule has 1 unspecified atom stereocenters. The molecular formula is C14H13N3O2S. The molecule has 20 heavy (non-hydrogen) atoms. The number of anilines is 1. The van der Waals surface area contributed by atoms with Crippen molar-refractivity contribution in [1.29, 1.82) is 0 Å². The van der Waals surface area contributed by atoms with E-state index < -0.39 is 5.91 Å². The van der Waals surface area contributed by atoms with Crippen molar-refractivity contribution in [1.82, 2.24) is 5.32 Å². The minimum absolute atomic E-state index is 0.0534. The van der Waals surface area contributed by atoms with Gasteiger partial charge in [-0.15, -0.1) is 0 Å².